The molecule has 1 N–H and O–H groups in total. The maximum absolute atomic E-state index is 12.9. The normalized spacial score (nSPS) is 13.4. The Kier molecular flexibility index (Phi) is 4.24. The summed E-state index contributed by atoms with van der Waals surface area (Å²) in [6, 6.07) is 19.2. The minimum absolute atomic E-state index is 0.286. The lowest BCUT2D eigenvalue weighted by Gasteiger charge is -2.09. The lowest BCUT2D eigenvalue weighted by Crippen LogP contribution is -2.14. The van der Waals surface area contributed by atoms with E-state index in [9.17, 15) is 4.79 Å². The largest absolute Gasteiger partial charge is 0.321 e. The van der Waals surface area contributed by atoms with Crippen LogP contribution in [0.5, 0.6) is 0 Å². The molecule has 6 rings (SSSR count). The second kappa shape index (κ2) is 7.38. The number of pyridine rings is 1. The maximum atomic E-state index is 12.9. The molecule has 9 nitrogen and oxygen atoms in total. The molecule has 156 valence electrons. The number of benzene rings is 2. The van der Waals surface area contributed by atoms with Crippen molar-refractivity contribution in [2.24, 2.45) is 0 Å². The van der Waals surface area contributed by atoms with E-state index < -0.39 is 0 Å². The van der Waals surface area contributed by atoms with E-state index in [0.29, 0.717) is 17.4 Å². The van der Waals surface area contributed by atoms with Crippen molar-refractivity contribution >= 4 is 22.6 Å². The standard InChI is InChI=1S/C23H18N8O/c32-23(20-13-18(10-11-24-20)31-21-7-2-1-6-19(21)27-29-31)26-16-5-3-4-15(12-16)22-28-25-14-30(22)17-8-9-17/h1-7,10-14,17H,8-9H2,(H,26,32). The summed E-state index contributed by atoms with van der Waals surface area (Å²) in [5.41, 5.74) is 4.21. The number of amides is 1. The van der Waals surface area contributed by atoms with Gasteiger partial charge in [0.1, 0.15) is 17.5 Å². The molecule has 0 atom stereocenters. The number of para-hydroxylation sites is 1. The fourth-order valence-electron chi connectivity index (χ4n) is 3.74. The Hall–Kier alpha value is -4.40. The first-order chi connectivity index (χ1) is 15.8. The lowest BCUT2D eigenvalue weighted by atomic mass is 10.2. The first kappa shape index (κ1) is 18.4. The quantitative estimate of drug-likeness (QED) is 0.464. The Morgan fingerprint density at radius 2 is 1.91 bits per heavy atom. The lowest BCUT2D eigenvalue weighted by molar-refractivity contribution is 0.102. The van der Waals surface area contributed by atoms with E-state index in [1.807, 2.05) is 48.5 Å². The molecule has 0 unspecified atom stereocenters. The zero-order valence-electron chi connectivity index (χ0n) is 17.0. The van der Waals surface area contributed by atoms with Crippen molar-refractivity contribution < 1.29 is 4.79 Å². The van der Waals surface area contributed by atoms with Gasteiger partial charge in [-0.1, -0.05) is 29.5 Å². The van der Waals surface area contributed by atoms with E-state index in [1.54, 1.807) is 29.3 Å². The summed E-state index contributed by atoms with van der Waals surface area (Å²) in [5, 5.41) is 19.6. The SMILES string of the molecule is O=C(Nc1cccc(-c2nncn2C2CC2)c1)c1cc(-n2nnc3ccccc32)ccn1. The first-order valence-corrected chi connectivity index (χ1v) is 10.3. The molecule has 1 amide bonds. The number of rotatable bonds is 5. The van der Waals surface area contributed by atoms with Gasteiger partial charge in [0.15, 0.2) is 5.82 Å². The fraction of sp³-hybridized carbons (Fsp3) is 0.130. The zero-order valence-corrected chi connectivity index (χ0v) is 17.0. The summed E-state index contributed by atoms with van der Waals surface area (Å²) in [7, 11) is 0. The van der Waals surface area contributed by atoms with Gasteiger partial charge < -0.3 is 9.88 Å². The van der Waals surface area contributed by atoms with Gasteiger partial charge >= 0.3 is 0 Å². The van der Waals surface area contributed by atoms with Crippen LogP contribution in [-0.2, 0) is 0 Å². The molecule has 0 bridgehead atoms. The summed E-state index contributed by atoms with van der Waals surface area (Å²) in [4.78, 5) is 17.2. The summed E-state index contributed by atoms with van der Waals surface area (Å²) in [6.45, 7) is 0. The molecule has 3 aromatic heterocycles. The van der Waals surface area contributed by atoms with E-state index in [4.69, 9.17) is 0 Å². The van der Waals surface area contributed by atoms with Gasteiger partial charge in [-0.05, 0) is 49.2 Å². The molecule has 0 aliphatic heterocycles. The van der Waals surface area contributed by atoms with Gasteiger partial charge in [0.25, 0.3) is 5.91 Å². The Balaban J connectivity index is 1.27. The predicted molar refractivity (Wildman–Crippen MR) is 118 cm³/mol. The molecule has 0 radical (unpaired) electrons. The summed E-state index contributed by atoms with van der Waals surface area (Å²) in [6.07, 6.45) is 5.64. The molecular weight excluding hydrogens is 404 g/mol. The van der Waals surface area contributed by atoms with Gasteiger partial charge in [-0.3, -0.25) is 9.78 Å². The average molecular weight is 422 g/mol. The van der Waals surface area contributed by atoms with Crippen LogP contribution in [0.25, 0.3) is 28.1 Å². The highest BCUT2D eigenvalue weighted by atomic mass is 16.1. The topological polar surface area (TPSA) is 103 Å². The number of nitrogens with one attached hydrogen (secondary N) is 1. The average Bonchev–Trinajstić information content (AvgIpc) is 3.39. The van der Waals surface area contributed by atoms with Gasteiger partial charge in [-0.2, -0.15) is 0 Å². The van der Waals surface area contributed by atoms with Crippen molar-refractivity contribution in [1.29, 1.82) is 0 Å². The number of hydrogen-bond donors (Lipinski definition) is 1. The van der Waals surface area contributed by atoms with Crippen LogP contribution in [0.4, 0.5) is 5.69 Å². The molecule has 5 aromatic rings. The fourth-order valence-corrected chi connectivity index (χ4v) is 3.74. The number of nitrogens with zero attached hydrogens (tertiary/aromatic N) is 7. The van der Waals surface area contributed by atoms with Crippen molar-refractivity contribution in [1.82, 2.24) is 34.7 Å². The molecule has 0 saturated heterocycles. The zero-order chi connectivity index (χ0) is 21.5. The maximum Gasteiger partial charge on any atom is 0.274 e. The highest BCUT2D eigenvalue weighted by Gasteiger charge is 2.26. The van der Waals surface area contributed by atoms with E-state index in [0.717, 1.165) is 35.3 Å². The number of fused-ring (bicyclic) bond motifs is 1. The number of hydrogen-bond acceptors (Lipinski definition) is 6. The van der Waals surface area contributed by atoms with Gasteiger partial charge in [0, 0.05) is 23.5 Å². The summed E-state index contributed by atoms with van der Waals surface area (Å²) < 4.78 is 3.79. The van der Waals surface area contributed by atoms with Gasteiger partial charge in [0.2, 0.25) is 0 Å². The predicted octanol–water partition coefficient (Wildman–Crippen LogP) is 3.66. The van der Waals surface area contributed by atoms with Crippen LogP contribution in [0.3, 0.4) is 0 Å². The molecule has 1 aliphatic carbocycles. The van der Waals surface area contributed by atoms with E-state index in [-0.39, 0.29) is 11.6 Å². The van der Waals surface area contributed by atoms with Gasteiger partial charge in [-0.15, -0.1) is 15.3 Å². The van der Waals surface area contributed by atoms with E-state index >= 15 is 0 Å². The number of carbonyl (C=O) groups excluding carboxylic acids is 1. The molecule has 0 spiro atoms. The number of anilines is 1. The molecule has 9 heteroatoms. The monoisotopic (exact) mass is 422 g/mol. The minimum Gasteiger partial charge on any atom is -0.321 e. The highest BCUT2D eigenvalue weighted by molar-refractivity contribution is 6.03. The van der Waals surface area contributed by atoms with E-state index in [1.165, 1.54) is 0 Å². The van der Waals surface area contributed by atoms with Crippen molar-refractivity contribution in [3.8, 4) is 17.1 Å². The molecule has 3 heterocycles. The van der Waals surface area contributed by atoms with Crippen LogP contribution in [0.1, 0.15) is 29.4 Å². The third-order valence-electron chi connectivity index (χ3n) is 5.46. The molecule has 1 aliphatic rings. The van der Waals surface area contributed by atoms with Crippen LogP contribution < -0.4 is 5.32 Å². The Morgan fingerprint density at radius 1 is 1.00 bits per heavy atom. The van der Waals surface area contributed by atoms with Gasteiger partial charge in [0.05, 0.1) is 11.2 Å². The molecule has 2 aromatic carbocycles. The summed E-state index contributed by atoms with van der Waals surface area (Å²) >= 11 is 0. The Labute approximate surface area is 182 Å². The van der Waals surface area contributed by atoms with Crippen LogP contribution in [0.15, 0.2) is 73.2 Å². The van der Waals surface area contributed by atoms with Crippen LogP contribution in [0, 0.1) is 0 Å². The third-order valence-corrected chi connectivity index (χ3v) is 5.46. The van der Waals surface area contributed by atoms with Crippen LogP contribution in [0.2, 0.25) is 0 Å². The highest BCUT2D eigenvalue weighted by Crippen LogP contribution is 2.37. The third kappa shape index (κ3) is 3.29. The van der Waals surface area contributed by atoms with Crippen molar-refractivity contribution in [3.05, 3.63) is 78.9 Å². The van der Waals surface area contributed by atoms with E-state index in [2.05, 4.69) is 35.4 Å². The van der Waals surface area contributed by atoms with Gasteiger partial charge in [-0.25, -0.2) is 4.68 Å². The smallest absolute Gasteiger partial charge is 0.274 e. The Bertz CT molecular complexity index is 1450. The van der Waals surface area contributed by atoms with Crippen molar-refractivity contribution in [2.75, 3.05) is 5.32 Å². The second-order valence-electron chi connectivity index (χ2n) is 7.72. The van der Waals surface area contributed by atoms with Crippen LogP contribution in [-0.4, -0.2) is 40.6 Å². The van der Waals surface area contributed by atoms with Crippen molar-refractivity contribution in [3.63, 3.8) is 0 Å². The van der Waals surface area contributed by atoms with Crippen LogP contribution >= 0.6 is 0 Å². The molecule has 32 heavy (non-hydrogen) atoms. The van der Waals surface area contributed by atoms with Crippen molar-refractivity contribution in [2.45, 2.75) is 18.9 Å². The number of carbonyl (C=O) groups is 1. The molecular formula is C23H18N8O. The Morgan fingerprint density at radius 3 is 2.81 bits per heavy atom. The first-order valence-electron chi connectivity index (χ1n) is 10.3. The number of aromatic nitrogens is 7. The summed E-state index contributed by atoms with van der Waals surface area (Å²) in [5.74, 6) is 0.499. The second-order valence-corrected chi connectivity index (χ2v) is 7.72. The molecule has 1 saturated carbocycles. The molecule has 1 fully saturated rings. The minimum atomic E-state index is -0.308.